The Morgan fingerprint density at radius 2 is 2.00 bits per heavy atom. The zero-order chi connectivity index (χ0) is 13.1. The maximum atomic E-state index is 12.0. The van der Waals surface area contributed by atoms with E-state index in [0.717, 1.165) is 10.3 Å². The third-order valence-corrected chi connectivity index (χ3v) is 3.16. The number of aryl methyl sites for hydroxylation is 1. The smallest absolute Gasteiger partial charge is 0.255 e. The highest BCUT2D eigenvalue weighted by atomic mass is 79.9. The van der Waals surface area contributed by atoms with Gasteiger partial charge in [-0.1, -0.05) is 0 Å². The minimum atomic E-state index is -0.190. The molecule has 0 aliphatic carbocycles. The van der Waals surface area contributed by atoms with Crippen molar-refractivity contribution in [1.82, 2.24) is 9.97 Å². The van der Waals surface area contributed by atoms with E-state index in [4.69, 9.17) is 0 Å². The number of halogens is 2. The number of hydrogen-bond acceptors (Lipinski definition) is 3. The van der Waals surface area contributed by atoms with Gasteiger partial charge in [0.05, 0.1) is 11.4 Å². The van der Waals surface area contributed by atoms with Crippen LogP contribution in [0.3, 0.4) is 0 Å². The van der Waals surface area contributed by atoms with Crippen LogP contribution in [0.5, 0.6) is 0 Å². The van der Waals surface area contributed by atoms with Crippen molar-refractivity contribution in [1.29, 1.82) is 0 Å². The van der Waals surface area contributed by atoms with Crippen LogP contribution in [0.2, 0.25) is 0 Å². The van der Waals surface area contributed by atoms with Crippen LogP contribution in [-0.4, -0.2) is 15.9 Å². The minimum absolute atomic E-state index is 0.190. The number of rotatable bonds is 2. The van der Waals surface area contributed by atoms with Crippen LogP contribution in [0.1, 0.15) is 16.1 Å². The molecule has 0 aliphatic rings. The molecule has 1 N–H and O–H groups in total. The van der Waals surface area contributed by atoms with E-state index in [1.165, 1.54) is 0 Å². The number of hydrogen-bond donors (Lipinski definition) is 1. The summed E-state index contributed by atoms with van der Waals surface area (Å²) in [5, 5.41) is 2.81. The maximum absolute atomic E-state index is 12.0. The van der Waals surface area contributed by atoms with Gasteiger partial charge >= 0.3 is 0 Å². The Morgan fingerprint density at radius 1 is 1.22 bits per heavy atom. The lowest BCUT2D eigenvalue weighted by atomic mass is 10.2. The standard InChI is InChI=1S/C12H9Br2N3O/c1-7-9(2-3-10(13)16-7)17-12(18)8-4-5-15-11(14)6-8/h2-6H,1H3,(H,17,18). The van der Waals surface area contributed by atoms with Crippen LogP contribution in [0.25, 0.3) is 0 Å². The third-order valence-electron chi connectivity index (χ3n) is 2.29. The zero-order valence-corrected chi connectivity index (χ0v) is 12.6. The molecule has 4 nitrogen and oxygen atoms in total. The molecule has 18 heavy (non-hydrogen) atoms. The summed E-state index contributed by atoms with van der Waals surface area (Å²) < 4.78 is 1.37. The van der Waals surface area contributed by atoms with E-state index in [0.29, 0.717) is 15.9 Å². The topological polar surface area (TPSA) is 54.9 Å². The molecular formula is C12H9Br2N3O. The summed E-state index contributed by atoms with van der Waals surface area (Å²) in [6.45, 7) is 1.84. The second-order valence-electron chi connectivity index (χ2n) is 3.59. The summed E-state index contributed by atoms with van der Waals surface area (Å²) >= 11 is 6.51. The average Bonchev–Trinajstić information content (AvgIpc) is 2.32. The molecule has 0 spiro atoms. The fraction of sp³-hybridized carbons (Fsp3) is 0.0833. The molecule has 92 valence electrons. The number of aromatic nitrogens is 2. The van der Waals surface area contributed by atoms with Gasteiger partial charge in [0, 0.05) is 11.8 Å². The summed E-state index contributed by atoms with van der Waals surface area (Å²) in [7, 11) is 0. The molecule has 0 saturated heterocycles. The first kappa shape index (κ1) is 13.2. The molecule has 0 bridgehead atoms. The predicted molar refractivity (Wildman–Crippen MR) is 76.6 cm³/mol. The van der Waals surface area contributed by atoms with E-state index < -0.39 is 0 Å². The van der Waals surface area contributed by atoms with Gasteiger partial charge < -0.3 is 5.32 Å². The molecule has 2 heterocycles. The molecule has 2 aromatic rings. The van der Waals surface area contributed by atoms with Gasteiger partial charge in [-0.25, -0.2) is 9.97 Å². The molecule has 0 atom stereocenters. The van der Waals surface area contributed by atoms with Gasteiger partial charge in [0.15, 0.2) is 0 Å². The van der Waals surface area contributed by atoms with E-state index in [1.54, 1.807) is 30.5 Å². The molecule has 0 fully saturated rings. The molecular weight excluding hydrogens is 362 g/mol. The van der Waals surface area contributed by atoms with E-state index in [-0.39, 0.29) is 5.91 Å². The SMILES string of the molecule is Cc1nc(Br)ccc1NC(=O)c1ccnc(Br)c1. The molecule has 6 heteroatoms. The summed E-state index contributed by atoms with van der Waals surface area (Å²) in [4.78, 5) is 20.2. The fourth-order valence-electron chi connectivity index (χ4n) is 1.40. The van der Waals surface area contributed by atoms with Crippen LogP contribution < -0.4 is 5.32 Å². The Morgan fingerprint density at radius 3 is 2.67 bits per heavy atom. The van der Waals surface area contributed by atoms with Gasteiger partial charge in [0.2, 0.25) is 0 Å². The molecule has 2 aromatic heterocycles. The first-order chi connectivity index (χ1) is 8.56. The monoisotopic (exact) mass is 369 g/mol. The Hall–Kier alpha value is -1.27. The molecule has 1 amide bonds. The first-order valence-electron chi connectivity index (χ1n) is 5.12. The van der Waals surface area contributed by atoms with Crippen molar-refractivity contribution in [3.63, 3.8) is 0 Å². The molecule has 0 aromatic carbocycles. The molecule has 0 radical (unpaired) electrons. The Bertz CT molecular complexity index is 602. The van der Waals surface area contributed by atoms with Crippen LogP contribution in [-0.2, 0) is 0 Å². The van der Waals surface area contributed by atoms with Gasteiger partial charge in [-0.05, 0) is 63.0 Å². The number of anilines is 1. The number of amides is 1. The lowest BCUT2D eigenvalue weighted by Gasteiger charge is -2.08. The number of pyridine rings is 2. The largest absolute Gasteiger partial charge is 0.320 e. The Balaban J connectivity index is 2.21. The van der Waals surface area contributed by atoms with Gasteiger partial charge in [-0.3, -0.25) is 4.79 Å². The van der Waals surface area contributed by atoms with E-state index in [9.17, 15) is 4.79 Å². The van der Waals surface area contributed by atoms with E-state index in [1.807, 2.05) is 6.92 Å². The van der Waals surface area contributed by atoms with Crippen molar-refractivity contribution in [2.45, 2.75) is 6.92 Å². The number of nitrogens with zero attached hydrogens (tertiary/aromatic N) is 2. The highest BCUT2D eigenvalue weighted by Crippen LogP contribution is 2.17. The third kappa shape index (κ3) is 3.14. The van der Waals surface area contributed by atoms with Crippen molar-refractivity contribution < 1.29 is 4.79 Å². The molecule has 0 saturated carbocycles. The number of nitrogens with one attached hydrogen (secondary N) is 1. The van der Waals surface area contributed by atoms with Gasteiger partial charge in [-0.15, -0.1) is 0 Å². The lowest BCUT2D eigenvalue weighted by Crippen LogP contribution is -2.13. The fourth-order valence-corrected chi connectivity index (χ4v) is 2.16. The van der Waals surface area contributed by atoms with Crippen LogP contribution in [0, 0.1) is 6.92 Å². The molecule has 0 aliphatic heterocycles. The normalized spacial score (nSPS) is 10.2. The zero-order valence-electron chi connectivity index (χ0n) is 9.45. The summed E-state index contributed by atoms with van der Waals surface area (Å²) in [5.41, 5.74) is 1.99. The second kappa shape index (κ2) is 5.58. The van der Waals surface area contributed by atoms with E-state index >= 15 is 0 Å². The van der Waals surface area contributed by atoms with Crippen molar-refractivity contribution in [2.24, 2.45) is 0 Å². The average molecular weight is 371 g/mol. The van der Waals surface area contributed by atoms with Crippen LogP contribution in [0.15, 0.2) is 39.7 Å². The van der Waals surface area contributed by atoms with Gasteiger partial charge in [0.25, 0.3) is 5.91 Å². The van der Waals surface area contributed by atoms with Gasteiger partial charge in [-0.2, -0.15) is 0 Å². The summed E-state index contributed by atoms with van der Waals surface area (Å²) in [6.07, 6.45) is 1.58. The first-order valence-corrected chi connectivity index (χ1v) is 6.71. The quantitative estimate of drug-likeness (QED) is 0.822. The van der Waals surface area contributed by atoms with Crippen LogP contribution in [0.4, 0.5) is 5.69 Å². The summed E-state index contributed by atoms with van der Waals surface area (Å²) in [5.74, 6) is -0.190. The predicted octanol–water partition coefficient (Wildman–Crippen LogP) is 3.56. The van der Waals surface area contributed by atoms with Crippen molar-refractivity contribution in [3.05, 3.63) is 50.9 Å². The summed E-state index contributed by atoms with van der Waals surface area (Å²) in [6, 6.07) is 6.91. The lowest BCUT2D eigenvalue weighted by molar-refractivity contribution is 0.102. The van der Waals surface area contributed by atoms with Crippen molar-refractivity contribution in [2.75, 3.05) is 5.32 Å². The molecule has 2 rings (SSSR count). The van der Waals surface area contributed by atoms with Crippen molar-refractivity contribution >= 4 is 43.5 Å². The van der Waals surface area contributed by atoms with E-state index in [2.05, 4.69) is 47.1 Å². The number of carbonyl (C=O) groups excluding carboxylic acids is 1. The van der Waals surface area contributed by atoms with Crippen LogP contribution >= 0.6 is 31.9 Å². The number of carbonyl (C=O) groups is 1. The molecule has 0 unspecified atom stereocenters. The minimum Gasteiger partial charge on any atom is -0.320 e. The second-order valence-corrected chi connectivity index (χ2v) is 5.21. The van der Waals surface area contributed by atoms with Crippen molar-refractivity contribution in [3.8, 4) is 0 Å². The Labute approximate surface area is 121 Å². The maximum Gasteiger partial charge on any atom is 0.255 e. The van der Waals surface area contributed by atoms with Gasteiger partial charge in [0.1, 0.15) is 9.21 Å². The highest BCUT2D eigenvalue weighted by Gasteiger charge is 2.09. The highest BCUT2D eigenvalue weighted by molar-refractivity contribution is 9.10. The Kier molecular flexibility index (Phi) is 4.08.